The van der Waals surface area contributed by atoms with Crippen molar-refractivity contribution in [2.45, 2.75) is 32.6 Å². The van der Waals surface area contributed by atoms with E-state index in [-0.39, 0.29) is 0 Å². The van der Waals surface area contributed by atoms with E-state index in [4.69, 9.17) is 0 Å². The minimum Gasteiger partial charge on any atom is -0.143 e. The minimum atomic E-state index is 1.00. The molecule has 0 radical (unpaired) electrons. The van der Waals surface area contributed by atoms with Gasteiger partial charge < -0.3 is 0 Å². The first-order valence-electron chi connectivity index (χ1n) is 6.03. The van der Waals surface area contributed by atoms with Gasteiger partial charge in [-0.3, -0.25) is 0 Å². The molecule has 0 atom stereocenters. The fourth-order valence-corrected chi connectivity index (χ4v) is 1.84. The molecule has 0 unspecified atom stereocenters. The van der Waals surface area contributed by atoms with Gasteiger partial charge in [0, 0.05) is 4.90 Å². The zero-order chi connectivity index (χ0) is 12.8. The first-order chi connectivity index (χ1) is 8.16. The molecular weight excluding hydrogens is 224 g/mol. The first-order valence-corrected chi connectivity index (χ1v) is 6.48. The normalized spacial score (nSPS) is 9.47. The van der Waals surface area contributed by atoms with Crippen LogP contribution in [0.3, 0.4) is 0 Å². The van der Waals surface area contributed by atoms with Gasteiger partial charge in [-0.05, 0) is 42.7 Å². The minimum absolute atomic E-state index is 1.00. The van der Waals surface area contributed by atoms with Crippen molar-refractivity contribution in [1.29, 1.82) is 0 Å². The summed E-state index contributed by atoms with van der Waals surface area (Å²) in [5.41, 5.74) is 5.18. The Morgan fingerprint density at radius 2 is 1.41 bits per heavy atom. The average Bonchev–Trinajstić information content (AvgIpc) is 2.36. The van der Waals surface area contributed by atoms with Crippen LogP contribution in [-0.2, 0) is 0 Å². The Balaban J connectivity index is 0.000000686. The Hall–Kier alpha value is -1.21. The molecule has 0 bridgehead atoms. The van der Waals surface area contributed by atoms with Crippen LogP contribution >= 0.6 is 12.6 Å². The number of benzene rings is 2. The molecule has 0 heterocycles. The van der Waals surface area contributed by atoms with Crippen LogP contribution < -0.4 is 0 Å². The smallest absolute Gasteiger partial charge is 0.00404 e. The van der Waals surface area contributed by atoms with Crippen LogP contribution in [0.4, 0.5) is 0 Å². The Bertz CT molecular complexity index is 469. The summed E-state index contributed by atoms with van der Waals surface area (Å²) in [6, 6.07) is 14.8. The van der Waals surface area contributed by atoms with Crippen molar-refractivity contribution in [2.24, 2.45) is 0 Å². The van der Waals surface area contributed by atoms with Crippen molar-refractivity contribution in [3.8, 4) is 11.1 Å². The Morgan fingerprint density at radius 3 is 2.00 bits per heavy atom. The molecule has 0 spiro atoms. The molecule has 0 amide bonds. The van der Waals surface area contributed by atoms with Crippen molar-refractivity contribution in [3.05, 3.63) is 53.6 Å². The lowest BCUT2D eigenvalue weighted by molar-refractivity contribution is 1.38. The third-order valence-electron chi connectivity index (χ3n) is 2.57. The zero-order valence-corrected chi connectivity index (χ0v) is 11.9. The van der Waals surface area contributed by atoms with Crippen LogP contribution in [0.2, 0.25) is 0 Å². The summed E-state index contributed by atoms with van der Waals surface area (Å²) in [5.74, 6) is 0. The third kappa shape index (κ3) is 3.64. The SMILES string of the molecule is CC.Cc1ccc(C)c(-c2ccc(S)cc2)c1. The summed E-state index contributed by atoms with van der Waals surface area (Å²) < 4.78 is 0. The van der Waals surface area contributed by atoms with Gasteiger partial charge in [-0.15, -0.1) is 12.6 Å². The molecule has 0 aliphatic rings. The molecule has 0 N–H and O–H groups in total. The molecule has 2 aromatic rings. The highest BCUT2D eigenvalue weighted by Gasteiger charge is 2.01. The lowest BCUT2D eigenvalue weighted by Crippen LogP contribution is -1.84. The number of hydrogen-bond acceptors (Lipinski definition) is 1. The summed E-state index contributed by atoms with van der Waals surface area (Å²) in [4.78, 5) is 1.00. The standard InChI is InChI=1S/C14H14S.C2H6/c1-10-3-4-11(2)14(9-10)12-5-7-13(15)8-6-12;1-2/h3-9,15H,1-2H3;1-2H3. The second kappa shape index (κ2) is 6.51. The monoisotopic (exact) mass is 244 g/mol. The largest absolute Gasteiger partial charge is 0.143 e. The molecule has 0 aliphatic heterocycles. The van der Waals surface area contributed by atoms with Crippen LogP contribution in [0.25, 0.3) is 11.1 Å². The van der Waals surface area contributed by atoms with E-state index in [9.17, 15) is 0 Å². The Morgan fingerprint density at radius 1 is 0.824 bits per heavy atom. The van der Waals surface area contributed by atoms with Crippen molar-refractivity contribution in [2.75, 3.05) is 0 Å². The summed E-state index contributed by atoms with van der Waals surface area (Å²) in [6.07, 6.45) is 0. The van der Waals surface area contributed by atoms with Gasteiger partial charge in [-0.2, -0.15) is 0 Å². The highest BCUT2D eigenvalue weighted by atomic mass is 32.1. The van der Waals surface area contributed by atoms with Gasteiger partial charge in [0.1, 0.15) is 0 Å². The molecule has 17 heavy (non-hydrogen) atoms. The van der Waals surface area contributed by atoms with Crippen LogP contribution in [0.5, 0.6) is 0 Å². The van der Waals surface area contributed by atoms with E-state index in [1.165, 1.54) is 22.3 Å². The van der Waals surface area contributed by atoms with Gasteiger partial charge in [0.15, 0.2) is 0 Å². The summed E-state index contributed by atoms with van der Waals surface area (Å²) in [5, 5.41) is 0. The Kier molecular flexibility index (Phi) is 5.30. The van der Waals surface area contributed by atoms with E-state index in [1.54, 1.807) is 0 Å². The number of hydrogen-bond donors (Lipinski definition) is 1. The summed E-state index contributed by atoms with van der Waals surface area (Å²) in [6.45, 7) is 8.26. The van der Waals surface area contributed by atoms with E-state index in [2.05, 4.69) is 56.8 Å². The average molecular weight is 244 g/mol. The molecule has 2 aromatic carbocycles. The molecule has 0 aliphatic carbocycles. The predicted molar refractivity (Wildman–Crippen MR) is 80.0 cm³/mol. The van der Waals surface area contributed by atoms with E-state index in [0.717, 1.165) is 4.90 Å². The van der Waals surface area contributed by atoms with Crippen molar-refractivity contribution < 1.29 is 0 Å². The second-order valence-electron chi connectivity index (χ2n) is 3.87. The quantitative estimate of drug-likeness (QED) is 0.648. The van der Waals surface area contributed by atoms with Crippen LogP contribution in [0.15, 0.2) is 47.4 Å². The molecule has 0 nitrogen and oxygen atoms in total. The zero-order valence-electron chi connectivity index (χ0n) is 11.0. The van der Waals surface area contributed by atoms with E-state index < -0.39 is 0 Å². The van der Waals surface area contributed by atoms with Crippen molar-refractivity contribution >= 4 is 12.6 Å². The van der Waals surface area contributed by atoms with Crippen LogP contribution in [0, 0.1) is 13.8 Å². The van der Waals surface area contributed by atoms with Gasteiger partial charge in [0.2, 0.25) is 0 Å². The number of rotatable bonds is 1. The molecule has 1 heteroatoms. The van der Waals surface area contributed by atoms with Crippen LogP contribution in [-0.4, -0.2) is 0 Å². The molecular formula is C16H20S. The highest BCUT2D eigenvalue weighted by molar-refractivity contribution is 7.80. The Labute approximate surface area is 110 Å². The highest BCUT2D eigenvalue weighted by Crippen LogP contribution is 2.25. The van der Waals surface area contributed by atoms with Gasteiger partial charge in [0.25, 0.3) is 0 Å². The van der Waals surface area contributed by atoms with E-state index in [1.807, 2.05) is 26.0 Å². The fraction of sp³-hybridized carbons (Fsp3) is 0.250. The molecule has 0 saturated heterocycles. The molecule has 90 valence electrons. The number of thiol groups is 1. The van der Waals surface area contributed by atoms with E-state index >= 15 is 0 Å². The lowest BCUT2D eigenvalue weighted by atomic mass is 9.99. The second-order valence-corrected chi connectivity index (χ2v) is 4.38. The summed E-state index contributed by atoms with van der Waals surface area (Å²) in [7, 11) is 0. The summed E-state index contributed by atoms with van der Waals surface area (Å²) >= 11 is 4.29. The molecule has 0 saturated carbocycles. The van der Waals surface area contributed by atoms with Crippen LogP contribution in [0.1, 0.15) is 25.0 Å². The molecule has 2 rings (SSSR count). The van der Waals surface area contributed by atoms with Crippen molar-refractivity contribution in [3.63, 3.8) is 0 Å². The maximum absolute atomic E-state index is 4.29. The molecule has 0 fully saturated rings. The predicted octanol–water partition coefficient (Wildman–Crippen LogP) is 5.29. The first kappa shape index (κ1) is 13.9. The van der Waals surface area contributed by atoms with Gasteiger partial charge in [-0.1, -0.05) is 49.7 Å². The van der Waals surface area contributed by atoms with E-state index in [0.29, 0.717) is 0 Å². The lowest BCUT2D eigenvalue weighted by Gasteiger charge is -2.07. The molecule has 0 aromatic heterocycles. The van der Waals surface area contributed by atoms with Gasteiger partial charge >= 0.3 is 0 Å². The topological polar surface area (TPSA) is 0 Å². The third-order valence-corrected chi connectivity index (χ3v) is 2.87. The van der Waals surface area contributed by atoms with Gasteiger partial charge in [0.05, 0.1) is 0 Å². The number of aryl methyl sites for hydroxylation is 2. The van der Waals surface area contributed by atoms with Crippen molar-refractivity contribution in [1.82, 2.24) is 0 Å². The fourth-order valence-electron chi connectivity index (χ4n) is 1.69. The maximum Gasteiger partial charge on any atom is 0.00404 e. The van der Waals surface area contributed by atoms with Gasteiger partial charge in [-0.25, -0.2) is 0 Å². The maximum atomic E-state index is 4.29.